The van der Waals surface area contributed by atoms with Gasteiger partial charge in [0.05, 0.1) is 18.3 Å². The third-order valence-corrected chi connectivity index (χ3v) is 16.3. The highest BCUT2D eigenvalue weighted by Crippen LogP contribution is 2.69. The zero-order valence-corrected chi connectivity index (χ0v) is 37.9. The van der Waals surface area contributed by atoms with Crippen molar-refractivity contribution in [3.63, 3.8) is 0 Å². The van der Waals surface area contributed by atoms with Crippen LogP contribution in [0.2, 0.25) is 0 Å². The van der Waals surface area contributed by atoms with Crippen LogP contribution in [0, 0.1) is 46.3 Å². The molecule has 4 saturated carbocycles. The molecule has 1 unspecified atom stereocenters. The number of nitrogens with zero attached hydrogens (tertiary/aromatic N) is 1. The first kappa shape index (κ1) is 48.4. The maximum Gasteiger partial charge on any atom is 0.0637 e. The van der Waals surface area contributed by atoms with E-state index < -0.39 is 0 Å². The number of rotatable bonds is 31. The molecular formula is C49H96N4O3. The van der Waals surface area contributed by atoms with Crippen molar-refractivity contribution >= 4 is 0 Å². The SMILES string of the molecule is CCCCCCCCN(CCCCCCCC)CCC[C@@H](C)[C@H]1CC[C@H]2[C@@H]3[C@H](OCCCN)C[C@@H]4C[C@H](OCCCN)CC[C@]4(C)[C@H]3CC(OCCCN)[C@]12C. The number of ether oxygens (including phenoxy) is 3. The molecule has 0 spiro atoms. The lowest BCUT2D eigenvalue weighted by Crippen LogP contribution is -2.63. The molecule has 0 aromatic carbocycles. The molecule has 6 N–H and O–H groups in total. The maximum absolute atomic E-state index is 7.13. The van der Waals surface area contributed by atoms with Crippen LogP contribution in [0.4, 0.5) is 0 Å². The van der Waals surface area contributed by atoms with Gasteiger partial charge in [0.1, 0.15) is 0 Å². The molecule has 0 radical (unpaired) electrons. The summed E-state index contributed by atoms with van der Waals surface area (Å²) in [5.74, 6) is 3.91. The molecule has 4 aliphatic rings. The molecule has 0 saturated heterocycles. The standard InChI is InChI=1S/C49H96N4O3/c1-6-8-10-12-14-16-30-53(31-17-15-13-11-9-7-2)32-18-22-39(3)42-23-24-43-47-44(38-46(49(42,43)5)56-35-21-29-52)48(4)26-25-41(54-33-19-27-50)36-40(48)37-45(47)55-34-20-28-51/h39-47H,6-38,50-52H2,1-5H3/t39-,40+,41-,42-,43+,44+,45-,46?,47+,48+,49-/m1/s1. The van der Waals surface area contributed by atoms with Gasteiger partial charge in [0.2, 0.25) is 0 Å². The largest absolute Gasteiger partial charge is 0.378 e. The van der Waals surface area contributed by atoms with Gasteiger partial charge in [-0.25, -0.2) is 0 Å². The van der Waals surface area contributed by atoms with Gasteiger partial charge >= 0.3 is 0 Å². The molecule has 0 bridgehead atoms. The van der Waals surface area contributed by atoms with Gasteiger partial charge < -0.3 is 36.3 Å². The lowest BCUT2D eigenvalue weighted by molar-refractivity contribution is -0.227. The Labute approximate surface area is 347 Å². The Kier molecular flexibility index (Phi) is 22.6. The Morgan fingerprint density at radius 2 is 1.18 bits per heavy atom. The van der Waals surface area contributed by atoms with E-state index in [-0.39, 0.29) is 5.41 Å². The first-order valence-electron chi connectivity index (χ1n) is 25.0. The highest BCUT2D eigenvalue weighted by Gasteiger charge is 2.66. The fourth-order valence-corrected chi connectivity index (χ4v) is 13.0. The van der Waals surface area contributed by atoms with E-state index in [9.17, 15) is 0 Å². The van der Waals surface area contributed by atoms with Gasteiger partial charge in [-0.3, -0.25) is 0 Å². The minimum Gasteiger partial charge on any atom is -0.378 e. The third-order valence-electron chi connectivity index (χ3n) is 16.3. The normalized spacial score (nSPS) is 33.4. The molecule has 330 valence electrons. The van der Waals surface area contributed by atoms with Crippen LogP contribution in [-0.2, 0) is 14.2 Å². The molecule has 4 aliphatic carbocycles. The lowest BCUT2D eigenvalue weighted by Gasteiger charge is -2.65. The van der Waals surface area contributed by atoms with Gasteiger partial charge in [-0.05, 0) is 170 Å². The predicted molar refractivity (Wildman–Crippen MR) is 238 cm³/mol. The van der Waals surface area contributed by atoms with Crippen molar-refractivity contribution in [1.29, 1.82) is 0 Å². The van der Waals surface area contributed by atoms with E-state index in [1.54, 1.807) is 0 Å². The Morgan fingerprint density at radius 3 is 1.80 bits per heavy atom. The van der Waals surface area contributed by atoms with Crippen LogP contribution in [0.5, 0.6) is 0 Å². The smallest absolute Gasteiger partial charge is 0.0637 e. The Bertz CT molecular complexity index is 1000. The molecule has 11 atom stereocenters. The highest BCUT2D eigenvalue weighted by molar-refractivity contribution is 5.15. The molecule has 7 nitrogen and oxygen atoms in total. The van der Waals surface area contributed by atoms with Crippen LogP contribution in [0.3, 0.4) is 0 Å². The topological polar surface area (TPSA) is 109 Å². The first-order chi connectivity index (χ1) is 27.3. The minimum atomic E-state index is 0.174. The second kappa shape index (κ2) is 26.1. The van der Waals surface area contributed by atoms with Crippen LogP contribution in [0.25, 0.3) is 0 Å². The van der Waals surface area contributed by atoms with Gasteiger partial charge in [-0.2, -0.15) is 0 Å². The lowest BCUT2D eigenvalue weighted by atomic mass is 9.43. The Hall–Kier alpha value is -0.280. The molecule has 0 amide bonds. The summed E-state index contributed by atoms with van der Waals surface area (Å²) in [7, 11) is 0. The molecular weight excluding hydrogens is 693 g/mol. The molecule has 7 heteroatoms. The average Bonchev–Trinajstić information content (AvgIpc) is 3.56. The minimum absolute atomic E-state index is 0.174. The Balaban J connectivity index is 1.47. The summed E-state index contributed by atoms with van der Waals surface area (Å²) in [6, 6.07) is 0. The number of hydrogen-bond acceptors (Lipinski definition) is 7. The molecule has 0 aromatic rings. The second-order valence-electron chi connectivity index (χ2n) is 20.0. The summed E-state index contributed by atoms with van der Waals surface area (Å²) in [6.07, 6.45) is 31.8. The number of hydrogen-bond donors (Lipinski definition) is 3. The van der Waals surface area contributed by atoms with E-state index in [0.717, 1.165) is 45.5 Å². The van der Waals surface area contributed by atoms with Crippen molar-refractivity contribution in [2.75, 3.05) is 59.1 Å². The van der Waals surface area contributed by atoms with E-state index in [1.807, 2.05) is 0 Å². The van der Waals surface area contributed by atoms with Crippen LogP contribution < -0.4 is 17.2 Å². The van der Waals surface area contributed by atoms with E-state index in [2.05, 4.69) is 39.5 Å². The molecule has 4 rings (SSSR count). The van der Waals surface area contributed by atoms with Crippen molar-refractivity contribution in [1.82, 2.24) is 4.90 Å². The molecule has 0 aromatic heterocycles. The number of unbranched alkanes of at least 4 members (excludes halogenated alkanes) is 10. The molecule has 0 heterocycles. The van der Waals surface area contributed by atoms with E-state index in [4.69, 9.17) is 31.4 Å². The summed E-state index contributed by atoms with van der Waals surface area (Å²) in [6.45, 7) is 21.0. The van der Waals surface area contributed by atoms with Crippen molar-refractivity contribution < 1.29 is 14.2 Å². The van der Waals surface area contributed by atoms with Crippen LogP contribution >= 0.6 is 0 Å². The number of fused-ring (bicyclic) bond motifs is 5. The highest BCUT2D eigenvalue weighted by atomic mass is 16.5. The first-order valence-corrected chi connectivity index (χ1v) is 25.0. The van der Waals surface area contributed by atoms with E-state index in [1.165, 1.54) is 148 Å². The predicted octanol–water partition coefficient (Wildman–Crippen LogP) is 10.5. The van der Waals surface area contributed by atoms with Crippen LogP contribution in [0.1, 0.15) is 189 Å². The van der Waals surface area contributed by atoms with E-state index >= 15 is 0 Å². The fraction of sp³-hybridized carbons (Fsp3) is 1.00. The van der Waals surface area contributed by atoms with Gasteiger partial charge in [-0.1, -0.05) is 98.8 Å². The molecule has 4 fully saturated rings. The summed E-state index contributed by atoms with van der Waals surface area (Å²) < 4.78 is 20.6. The van der Waals surface area contributed by atoms with Crippen LogP contribution in [0.15, 0.2) is 0 Å². The zero-order chi connectivity index (χ0) is 40.2. The van der Waals surface area contributed by atoms with Crippen LogP contribution in [-0.4, -0.2) is 82.3 Å². The Morgan fingerprint density at radius 1 is 0.607 bits per heavy atom. The second-order valence-corrected chi connectivity index (χ2v) is 20.0. The van der Waals surface area contributed by atoms with Crippen molar-refractivity contribution in [2.24, 2.45) is 63.5 Å². The zero-order valence-electron chi connectivity index (χ0n) is 37.9. The summed E-state index contributed by atoms with van der Waals surface area (Å²) in [4.78, 5) is 2.86. The van der Waals surface area contributed by atoms with E-state index in [0.29, 0.717) is 78.9 Å². The van der Waals surface area contributed by atoms with Gasteiger partial charge in [0, 0.05) is 25.2 Å². The quantitative estimate of drug-likeness (QED) is 0.0600. The maximum atomic E-state index is 7.13. The summed E-state index contributed by atoms with van der Waals surface area (Å²) in [5.41, 5.74) is 18.4. The van der Waals surface area contributed by atoms with Crippen molar-refractivity contribution in [3.8, 4) is 0 Å². The van der Waals surface area contributed by atoms with Crippen molar-refractivity contribution in [2.45, 2.75) is 207 Å². The van der Waals surface area contributed by atoms with Gasteiger partial charge in [0.15, 0.2) is 0 Å². The fourth-order valence-electron chi connectivity index (χ4n) is 13.0. The summed E-state index contributed by atoms with van der Waals surface area (Å²) >= 11 is 0. The third kappa shape index (κ3) is 13.4. The van der Waals surface area contributed by atoms with Gasteiger partial charge in [0.25, 0.3) is 0 Å². The monoisotopic (exact) mass is 789 g/mol. The average molecular weight is 789 g/mol. The summed E-state index contributed by atoms with van der Waals surface area (Å²) in [5, 5.41) is 0. The molecule has 0 aliphatic heterocycles. The molecule has 56 heavy (non-hydrogen) atoms. The van der Waals surface area contributed by atoms with Gasteiger partial charge in [-0.15, -0.1) is 0 Å². The van der Waals surface area contributed by atoms with Crippen molar-refractivity contribution in [3.05, 3.63) is 0 Å². The number of nitrogens with two attached hydrogens (primary N) is 3.